The first-order valence-corrected chi connectivity index (χ1v) is 7.33. The lowest BCUT2D eigenvalue weighted by atomic mass is 10.1. The normalized spacial score (nSPS) is 10.7. The van der Waals surface area contributed by atoms with Crippen molar-refractivity contribution in [3.8, 4) is 0 Å². The van der Waals surface area contributed by atoms with E-state index in [4.69, 9.17) is 0 Å². The Labute approximate surface area is 144 Å². The van der Waals surface area contributed by atoms with E-state index in [0.717, 1.165) is 18.2 Å². The van der Waals surface area contributed by atoms with Crippen LogP contribution in [0.2, 0.25) is 0 Å². The number of halogens is 2. The Kier molecular flexibility index (Phi) is 4.44. The molecule has 3 aromatic rings. The Hall–Kier alpha value is -3.62. The number of nitrogens with one attached hydrogen (secondary N) is 1. The number of rotatable bonds is 4. The van der Waals surface area contributed by atoms with E-state index >= 15 is 0 Å². The monoisotopic (exact) mass is 358 g/mol. The van der Waals surface area contributed by atoms with Gasteiger partial charge in [-0.1, -0.05) is 24.3 Å². The second-order valence-corrected chi connectivity index (χ2v) is 5.29. The molecule has 9 heteroatoms. The van der Waals surface area contributed by atoms with Crippen molar-refractivity contribution in [1.82, 2.24) is 9.78 Å². The molecule has 3 rings (SSSR count). The minimum Gasteiger partial charge on any atom is -0.543 e. The molecule has 132 valence electrons. The average Bonchev–Trinajstić information content (AvgIpc) is 2.60. The van der Waals surface area contributed by atoms with Gasteiger partial charge in [-0.05, 0) is 18.2 Å². The van der Waals surface area contributed by atoms with Crippen LogP contribution in [0.1, 0.15) is 10.5 Å². The van der Waals surface area contributed by atoms with Crippen molar-refractivity contribution < 1.29 is 23.5 Å². The molecule has 1 N–H and O–H groups in total. The number of carboxylic acids is 1. The molecule has 0 unspecified atom stereocenters. The summed E-state index contributed by atoms with van der Waals surface area (Å²) in [5, 5.41) is 17.0. The molecule has 0 radical (unpaired) electrons. The number of carbonyl (C=O) groups is 2. The maximum Gasteiger partial charge on any atom is 0.275 e. The van der Waals surface area contributed by atoms with Gasteiger partial charge in [-0.3, -0.25) is 9.59 Å². The van der Waals surface area contributed by atoms with Crippen LogP contribution >= 0.6 is 0 Å². The summed E-state index contributed by atoms with van der Waals surface area (Å²) in [6, 6.07) is 8.82. The largest absolute Gasteiger partial charge is 0.543 e. The fourth-order valence-corrected chi connectivity index (χ4v) is 2.43. The summed E-state index contributed by atoms with van der Waals surface area (Å²) in [5.41, 5.74) is -1.92. The first-order chi connectivity index (χ1) is 12.4. The van der Waals surface area contributed by atoms with Crippen molar-refractivity contribution in [3.05, 3.63) is 70.1 Å². The van der Waals surface area contributed by atoms with Gasteiger partial charge in [-0.25, -0.2) is 13.5 Å². The predicted octanol–water partition coefficient (Wildman–Crippen LogP) is 0.677. The zero-order valence-electron chi connectivity index (χ0n) is 13.0. The summed E-state index contributed by atoms with van der Waals surface area (Å²) in [7, 11) is 0. The van der Waals surface area contributed by atoms with Gasteiger partial charge in [-0.2, -0.15) is 5.10 Å². The van der Waals surface area contributed by atoms with Crippen LogP contribution in [0.4, 0.5) is 14.5 Å². The molecule has 0 fully saturated rings. The Balaban J connectivity index is 1.98. The van der Waals surface area contributed by atoms with Crippen molar-refractivity contribution >= 4 is 28.3 Å². The molecule has 0 spiro atoms. The molecular weight excluding hydrogens is 348 g/mol. The van der Waals surface area contributed by atoms with Gasteiger partial charge in [0.05, 0.1) is 11.4 Å². The Morgan fingerprint density at radius 1 is 1.04 bits per heavy atom. The lowest BCUT2D eigenvalue weighted by molar-refractivity contribution is -0.255. The Morgan fingerprint density at radius 3 is 2.27 bits per heavy atom. The first kappa shape index (κ1) is 17.2. The average molecular weight is 358 g/mol. The third-order valence-corrected chi connectivity index (χ3v) is 3.58. The maximum absolute atomic E-state index is 13.6. The number of aromatic nitrogens is 2. The molecule has 7 nitrogen and oxygen atoms in total. The van der Waals surface area contributed by atoms with Gasteiger partial charge in [0.2, 0.25) is 5.91 Å². The summed E-state index contributed by atoms with van der Waals surface area (Å²) in [6.45, 7) is -0.738. The lowest BCUT2D eigenvalue weighted by Gasteiger charge is -2.12. The van der Waals surface area contributed by atoms with Crippen molar-refractivity contribution in [1.29, 1.82) is 0 Å². The number of para-hydroxylation sites is 1. The number of amides is 1. The van der Waals surface area contributed by atoms with Gasteiger partial charge in [0, 0.05) is 5.39 Å². The van der Waals surface area contributed by atoms with Gasteiger partial charge in [-0.15, -0.1) is 0 Å². The molecule has 0 aliphatic carbocycles. The molecule has 0 saturated heterocycles. The molecule has 26 heavy (non-hydrogen) atoms. The van der Waals surface area contributed by atoms with Gasteiger partial charge in [0.1, 0.15) is 29.6 Å². The minimum atomic E-state index is -1.63. The zero-order chi connectivity index (χ0) is 18.8. The lowest BCUT2D eigenvalue weighted by Crippen LogP contribution is -2.34. The zero-order valence-corrected chi connectivity index (χ0v) is 13.0. The van der Waals surface area contributed by atoms with E-state index in [-0.39, 0.29) is 10.8 Å². The Morgan fingerprint density at radius 2 is 1.65 bits per heavy atom. The van der Waals surface area contributed by atoms with E-state index in [9.17, 15) is 28.3 Å². The van der Waals surface area contributed by atoms with Gasteiger partial charge in [0.25, 0.3) is 5.56 Å². The van der Waals surface area contributed by atoms with Crippen LogP contribution in [0.5, 0.6) is 0 Å². The summed E-state index contributed by atoms with van der Waals surface area (Å²) in [4.78, 5) is 35.7. The molecule has 0 saturated carbocycles. The van der Waals surface area contributed by atoms with Crippen LogP contribution in [-0.4, -0.2) is 21.7 Å². The number of fused-ring (bicyclic) bond motifs is 1. The second-order valence-electron chi connectivity index (χ2n) is 5.29. The number of carbonyl (C=O) groups excluding carboxylic acids is 2. The van der Waals surface area contributed by atoms with Crippen LogP contribution in [0.3, 0.4) is 0 Å². The molecule has 1 heterocycles. The molecule has 0 bridgehead atoms. The van der Waals surface area contributed by atoms with E-state index in [1.807, 2.05) is 5.32 Å². The molecular formula is C17H10F2N3O4-. The van der Waals surface area contributed by atoms with E-state index in [1.54, 1.807) is 0 Å². The van der Waals surface area contributed by atoms with E-state index in [2.05, 4.69) is 5.10 Å². The minimum absolute atomic E-state index is 0.0200. The fraction of sp³-hybridized carbons (Fsp3) is 0.0588. The fourth-order valence-electron chi connectivity index (χ4n) is 2.43. The number of anilines is 1. The van der Waals surface area contributed by atoms with E-state index < -0.39 is 47.0 Å². The summed E-state index contributed by atoms with van der Waals surface area (Å²) >= 11 is 0. The number of carboxylic acid groups (broad SMARTS) is 1. The first-order valence-electron chi connectivity index (χ1n) is 7.33. The van der Waals surface area contributed by atoms with Crippen molar-refractivity contribution in [2.45, 2.75) is 6.54 Å². The third kappa shape index (κ3) is 3.14. The second kappa shape index (κ2) is 6.71. The number of hydrogen-bond donors (Lipinski definition) is 1. The molecule has 2 aromatic carbocycles. The highest BCUT2D eigenvalue weighted by Crippen LogP contribution is 2.18. The number of nitrogens with zero attached hydrogens (tertiary/aromatic N) is 2. The van der Waals surface area contributed by atoms with Crippen LogP contribution in [0.15, 0.2) is 47.3 Å². The van der Waals surface area contributed by atoms with Crippen molar-refractivity contribution in [2.24, 2.45) is 0 Å². The number of aromatic carboxylic acids is 1. The quantitative estimate of drug-likeness (QED) is 0.738. The number of benzene rings is 2. The predicted molar refractivity (Wildman–Crippen MR) is 85.3 cm³/mol. The molecule has 0 aliphatic heterocycles. The molecule has 0 aliphatic rings. The van der Waals surface area contributed by atoms with Crippen molar-refractivity contribution in [2.75, 3.05) is 5.32 Å². The molecule has 1 aromatic heterocycles. The highest BCUT2D eigenvalue weighted by molar-refractivity contribution is 6.00. The van der Waals surface area contributed by atoms with Crippen LogP contribution in [-0.2, 0) is 11.3 Å². The highest BCUT2D eigenvalue weighted by atomic mass is 19.1. The van der Waals surface area contributed by atoms with Crippen LogP contribution < -0.4 is 16.0 Å². The van der Waals surface area contributed by atoms with Gasteiger partial charge < -0.3 is 15.2 Å². The van der Waals surface area contributed by atoms with E-state index in [1.165, 1.54) is 24.3 Å². The SMILES string of the molecule is O=C(Cn1nc(C(=O)[O-])c2ccccc2c1=O)Nc1c(F)cccc1F. The van der Waals surface area contributed by atoms with Crippen LogP contribution in [0, 0.1) is 11.6 Å². The Bertz CT molecular complexity index is 1070. The maximum atomic E-state index is 13.6. The third-order valence-electron chi connectivity index (χ3n) is 3.58. The van der Waals surface area contributed by atoms with E-state index in [0.29, 0.717) is 4.68 Å². The topological polar surface area (TPSA) is 104 Å². The van der Waals surface area contributed by atoms with Gasteiger partial charge >= 0.3 is 0 Å². The smallest absolute Gasteiger partial charge is 0.275 e. The van der Waals surface area contributed by atoms with Crippen molar-refractivity contribution in [3.63, 3.8) is 0 Å². The number of hydrogen-bond acceptors (Lipinski definition) is 5. The molecule has 1 amide bonds. The van der Waals surface area contributed by atoms with Gasteiger partial charge in [0.15, 0.2) is 0 Å². The highest BCUT2D eigenvalue weighted by Gasteiger charge is 2.16. The van der Waals surface area contributed by atoms with Crippen LogP contribution in [0.25, 0.3) is 10.8 Å². The standard InChI is InChI=1S/C17H11F2N3O4/c18-11-6-3-7-12(19)15(11)20-13(23)8-22-16(24)10-5-2-1-4-9(10)14(21-22)17(25)26/h1-7H,8H2,(H,20,23)(H,25,26)/p-1. The molecule has 0 atom stereocenters. The summed E-state index contributed by atoms with van der Waals surface area (Å²) in [5.74, 6) is -4.57. The summed E-state index contributed by atoms with van der Waals surface area (Å²) in [6.07, 6.45) is 0. The summed E-state index contributed by atoms with van der Waals surface area (Å²) < 4.78 is 27.8.